The van der Waals surface area contributed by atoms with Crippen LogP contribution in [-0.2, 0) is 4.79 Å². The van der Waals surface area contributed by atoms with Gasteiger partial charge in [-0.3, -0.25) is 9.59 Å². The highest BCUT2D eigenvalue weighted by Gasteiger charge is 2.17. The largest absolute Gasteiger partial charge is 0.494 e. The summed E-state index contributed by atoms with van der Waals surface area (Å²) in [6, 6.07) is 24.3. The maximum absolute atomic E-state index is 13.1. The normalized spacial score (nSPS) is 10.6. The molecule has 0 aliphatic carbocycles. The van der Waals surface area contributed by atoms with Crippen molar-refractivity contribution >= 4 is 51.7 Å². The molecule has 0 aliphatic heterocycles. The molecule has 4 aromatic carbocycles. The Morgan fingerprint density at radius 3 is 2.22 bits per heavy atom. The standard InChI is InChI=1S/C28H24N2O5S/c1-2-35-21-14-12-19(13-15-21)29-25(31)17-36-22-9-5-8-20(16-22)30-27(32)23-10-3-6-18-7-4-11-24(26(18)23)28(33)34/h3-16H,2,17H2,1H3,(H,29,31)(H,30,32)(H,33,34). The number of hydrogen-bond donors (Lipinski definition) is 3. The van der Waals surface area contributed by atoms with E-state index in [1.165, 1.54) is 17.8 Å². The minimum absolute atomic E-state index is 0.0705. The van der Waals surface area contributed by atoms with Crippen molar-refractivity contribution in [1.29, 1.82) is 0 Å². The predicted octanol–water partition coefficient (Wildman–Crippen LogP) is 5.92. The van der Waals surface area contributed by atoms with Gasteiger partial charge >= 0.3 is 5.97 Å². The van der Waals surface area contributed by atoms with Gasteiger partial charge in [-0.1, -0.05) is 30.3 Å². The number of thioether (sulfide) groups is 1. The van der Waals surface area contributed by atoms with Crippen LogP contribution in [0.4, 0.5) is 11.4 Å². The number of carbonyl (C=O) groups is 3. The number of nitrogens with one attached hydrogen (secondary N) is 2. The van der Waals surface area contributed by atoms with Gasteiger partial charge in [0, 0.05) is 27.2 Å². The number of aromatic carboxylic acids is 1. The molecule has 36 heavy (non-hydrogen) atoms. The fraction of sp³-hybridized carbons (Fsp3) is 0.107. The molecule has 0 atom stereocenters. The molecule has 0 saturated heterocycles. The van der Waals surface area contributed by atoms with E-state index in [4.69, 9.17) is 4.74 Å². The smallest absolute Gasteiger partial charge is 0.336 e. The molecule has 182 valence electrons. The molecule has 0 heterocycles. The second-order valence-corrected chi connectivity index (χ2v) is 8.84. The second-order valence-electron chi connectivity index (χ2n) is 7.79. The Kier molecular flexibility index (Phi) is 7.87. The third-order valence-corrected chi connectivity index (χ3v) is 6.28. The molecule has 0 aliphatic rings. The highest BCUT2D eigenvalue weighted by Crippen LogP contribution is 2.26. The van der Waals surface area contributed by atoms with Crippen LogP contribution in [0.2, 0.25) is 0 Å². The van der Waals surface area contributed by atoms with Crippen LogP contribution in [0, 0.1) is 0 Å². The topological polar surface area (TPSA) is 105 Å². The Morgan fingerprint density at radius 1 is 0.833 bits per heavy atom. The highest BCUT2D eigenvalue weighted by molar-refractivity contribution is 8.00. The summed E-state index contributed by atoms with van der Waals surface area (Å²) in [6.45, 7) is 2.49. The molecule has 0 radical (unpaired) electrons. The van der Waals surface area contributed by atoms with E-state index in [0.29, 0.717) is 28.8 Å². The summed E-state index contributed by atoms with van der Waals surface area (Å²) in [7, 11) is 0. The second kappa shape index (κ2) is 11.4. The van der Waals surface area contributed by atoms with Crippen molar-refractivity contribution in [2.24, 2.45) is 0 Å². The molecule has 8 heteroatoms. The lowest BCUT2D eigenvalue weighted by atomic mass is 9.98. The summed E-state index contributed by atoms with van der Waals surface area (Å²) < 4.78 is 5.40. The summed E-state index contributed by atoms with van der Waals surface area (Å²) in [5.41, 5.74) is 1.57. The number of hydrogen-bond acceptors (Lipinski definition) is 5. The van der Waals surface area contributed by atoms with Crippen LogP contribution < -0.4 is 15.4 Å². The minimum atomic E-state index is -1.09. The molecule has 0 unspecified atom stereocenters. The van der Waals surface area contributed by atoms with E-state index in [2.05, 4.69) is 10.6 Å². The van der Waals surface area contributed by atoms with Gasteiger partial charge in [-0.05, 0) is 66.9 Å². The zero-order valence-electron chi connectivity index (χ0n) is 19.5. The number of carboxylic acids is 1. The van der Waals surface area contributed by atoms with Crippen molar-refractivity contribution in [1.82, 2.24) is 0 Å². The van der Waals surface area contributed by atoms with Crippen LogP contribution in [0.15, 0.2) is 89.8 Å². The molecule has 3 N–H and O–H groups in total. The Labute approximate surface area is 212 Å². The van der Waals surface area contributed by atoms with Gasteiger partial charge in [-0.25, -0.2) is 4.79 Å². The minimum Gasteiger partial charge on any atom is -0.494 e. The molecule has 0 fully saturated rings. The lowest BCUT2D eigenvalue weighted by molar-refractivity contribution is -0.113. The van der Waals surface area contributed by atoms with Gasteiger partial charge in [0.1, 0.15) is 5.75 Å². The molecule has 4 rings (SSSR count). The molecule has 2 amide bonds. The first-order chi connectivity index (χ1) is 17.4. The average Bonchev–Trinajstić information content (AvgIpc) is 2.88. The fourth-order valence-corrected chi connectivity index (χ4v) is 4.47. The summed E-state index contributed by atoms with van der Waals surface area (Å²) >= 11 is 1.34. The van der Waals surface area contributed by atoms with E-state index < -0.39 is 11.9 Å². The lowest BCUT2D eigenvalue weighted by Crippen LogP contribution is -2.14. The van der Waals surface area contributed by atoms with Crippen molar-refractivity contribution < 1.29 is 24.2 Å². The van der Waals surface area contributed by atoms with E-state index in [0.717, 1.165) is 10.6 Å². The van der Waals surface area contributed by atoms with E-state index in [1.54, 1.807) is 72.8 Å². The van der Waals surface area contributed by atoms with Crippen molar-refractivity contribution in [2.75, 3.05) is 23.0 Å². The van der Waals surface area contributed by atoms with Crippen molar-refractivity contribution in [2.45, 2.75) is 11.8 Å². The Balaban J connectivity index is 1.41. The Bertz CT molecular complexity index is 1410. The zero-order chi connectivity index (χ0) is 25.5. The van der Waals surface area contributed by atoms with Gasteiger partial charge < -0.3 is 20.5 Å². The van der Waals surface area contributed by atoms with Crippen LogP contribution >= 0.6 is 11.8 Å². The average molecular weight is 501 g/mol. The number of carbonyl (C=O) groups excluding carboxylic acids is 2. The van der Waals surface area contributed by atoms with Gasteiger partial charge in [-0.15, -0.1) is 11.8 Å². The number of rotatable bonds is 9. The van der Waals surface area contributed by atoms with Crippen molar-refractivity contribution in [3.05, 3.63) is 96.1 Å². The third-order valence-electron chi connectivity index (χ3n) is 5.29. The summed E-state index contributed by atoms with van der Waals surface area (Å²) in [5.74, 6) is -0.731. The quantitative estimate of drug-likeness (QED) is 0.247. The molecule has 0 spiro atoms. The molecule has 0 bridgehead atoms. The summed E-state index contributed by atoms with van der Waals surface area (Å²) in [6.07, 6.45) is 0. The molecule has 4 aromatic rings. The van der Waals surface area contributed by atoms with E-state index >= 15 is 0 Å². The third kappa shape index (κ3) is 6.03. The van der Waals surface area contributed by atoms with E-state index in [9.17, 15) is 19.5 Å². The number of fused-ring (bicyclic) bond motifs is 1. The van der Waals surface area contributed by atoms with Crippen LogP contribution in [0.3, 0.4) is 0 Å². The number of carboxylic acid groups (broad SMARTS) is 1. The summed E-state index contributed by atoms with van der Waals surface area (Å²) in [5, 5.41) is 16.3. The molecular formula is C28H24N2O5S. The van der Waals surface area contributed by atoms with Gasteiger partial charge in [-0.2, -0.15) is 0 Å². The van der Waals surface area contributed by atoms with Crippen LogP contribution in [0.1, 0.15) is 27.6 Å². The van der Waals surface area contributed by atoms with Crippen molar-refractivity contribution in [3.8, 4) is 5.75 Å². The van der Waals surface area contributed by atoms with Gasteiger partial charge in [0.15, 0.2) is 0 Å². The Morgan fingerprint density at radius 2 is 1.53 bits per heavy atom. The first kappa shape index (κ1) is 24.8. The highest BCUT2D eigenvalue weighted by atomic mass is 32.2. The first-order valence-electron chi connectivity index (χ1n) is 11.3. The van der Waals surface area contributed by atoms with Gasteiger partial charge in [0.05, 0.1) is 17.9 Å². The fourth-order valence-electron chi connectivity index (χ4n) is 3.72. The number of ether oxygens (including phenoxy) is 1. The predicted molar refractivity (Wildman–Crippen MR) is 142 cm³/mol. The maximum atomic E-state index is 13.1. The molecule has 0 saturated carbocycles. The maximum Gasteiger partial charge on any atom is 0.336 e. The van der Waals surface area contributed by atoms with Gasteiger partial charge in [0.2, 0.25) is 5.91 Å². The molecular weight excluding hydrogens is 476 g/mol. The number of anilines is 2. The number of amides is 2. The van der Waals surface area contributed by atoms with Crippen LogP contribution in [0.25, 0.3) is 10.8 Å². The molecule has 7 nitrogen and oxygen atoms in total. The lowest BCUT2D eigenvalue weighted by Gasteiger charge is -2.11. The van der Waals surface area contributed by atoms with Crippen LogP contribution in [-0.4, -0.2) is 35.2 Å². The van der Waals surface area contributed by atoms with E-state index in [-0.39, 0.29) is 22.8 Å². The number of benzene rings is 4. The SMILES string of the molecule is CCOc1ccc(NC(=O)CSc2cccc(NC(=O)c3cccc4cccc(C(=O)O)c34)c2)cc1. The van der Waals surface area contributed by atoms with E-state index in [1.807, 2.05) is 13.0 Å². The monoisotopic (exact) mass is 500 g/mol. The first-order valence-corrected chi connectivity index (χ1v) is 12.2. The Hall–Kier alpha value is -4.30. The van der Waals surface area contributed by atoms with Crippen molar-refractivity contribution in [3.63, 3.8) is 0 Å². The zero-order valence-corrected chi connectivity index (χ0v) is 20.3. The van der Waals surface area contributed by atoms with Gasteiger partial charge in [0.25, 0.3) is 5.91 Å². The molecule has 0 aromatic heterocycles. The van der Waals surface area contributed by atoms with Crippen LogP contribution in [0.5, 0.6) is 5.75 Å². The summed E-state index contributed by atoms with van der Waals surface area (Å²) in [4.78, 5) is 37.9.